The molecule has 0 fully saturated rings. The highest BCUT2D eigenvalue weighted by Crippen LogP contribution is 2.23. The van der Waals surface area contributed by atoms with Crippen molar-refractivity contribution in [2.45, 2.75) is 0 Å². The van der Waals surface area contributed by atoms with Crippen LogP contribution in [0.2, 0.25) is 0 Å². The smallest absolute Gasteiger partial charge is 0.348 e. The monoisotopic (exact) mass is 375 g/mol. The molecule has 0 N–H and O–H groups in total. The summed E-state index contributed by atoms with van der Waals surface area (Å²) in [6, 6.07) is 1.55. The van der Waals surface area contributed by atoms with Crippen LogP contribution >= 0.6 is 0 Å². The van der Waals surface area contributed by atoms with Gasteiger partial charge in [-0.05, 0) is 6.08 Å². The number of nitrogens with zero attached hydrogens (tertiary/aromatic N) is 1. The molecule has 0 aromatic rings. The zero-order chi connectivity index (χ0) is 20.9. The van der Waals surface area contributed by atoms with Crippen LogP contribution in [0.4, 0.5) is 0 Å². The Bertz CT molecular complexity index is 625. The maximum atomic E-state index is 11.7. The van der Waals surface area contributed by atoms with Crippen molar-refractivity contribution in [3.63, 3.8) is 0 Å². The fourth-order valence-electron chi connectivity index (χ4n) is 1.47. The molecule has 0 aromatic heterocycles. The fourth-order valence-corrected chi connectivity index (χ4v) is 1.47. The third-order valence-electron chi connectivity index (χ3n) is 3.06. The van der Waals surface area contributed by atoms with Crippen LogP contribution in [0.1, 0.15) is 0 Å². The van der Waals surface area contributed by atoms with Crippen molar-refractivity contribution < 1.29 is 33.3 Å². The third kappa shape index (κ3) is 8.88. The standard InChI is InChI=1S/C19H21NO7/c1-6-15(5)24-10-19(11-25-16(21)7-2,12-26-17(22)8-3)13-27-18(23)14(4)9-20/h6-8H,1-5,10-13H2. The summed E-state index contributed by atoms with van der Waals surface area (Å²) in [7, 11) is 0. The number of allylic oxidation sites excluding steroid dienone is 1. The van der Waals surface area contributed by atoms with E-state index in [0.717, 1.165) is 12.2 Å². The van der Waals surface area contributed by atoms with Gasteiger partial charge in [0, 0.05) is 12.2 Å². The summed E-state index contributed by atoms with van der Waals surface area (Å²) in [5, 5.41) is 8.70. The van der Waals surface area contributed by atoms with E-state index >= 15 is 0 Å². The fraction of sp³-hybridized carbons (Fsp3) is 0.263. The highest BCUT2D eigenvalue weighted by molar-refractivity contribution is 5.91. The summed E-state index contributed by atoms with van der Waals surface area (Å²) in [6.07, 6.45) is 3.21. The van der Waals surface area contributed by atoms with E-state index in [-0.39, 0.29) is 25.6 Å². The van der Waals surface area contributed by atoms with Crippen LogP contribution in [0, 0.1) is 16.7 Å². The number of carbonyl (C=O) groups excluding carboxylic acids is 3. The summed E-state index contributed by atoms with van der Waals surface area (Å²) < 4.78 is 20.4. The Hall–Kier alpha value is -3.60. The number of ether oxygens (including phenoxy) is 4. The Morgan fingerprint density at radius 2 is 1.26 bits per heavy atom. The zero-order valence-electron chi connectivity index (χ0n) is 14.9. The third-order valence-corrected chi connectivity index (χ3v) is 3.06. The molecule has 0 radical (unpaired) electrons. The lowest BCUT2D eigenvalue weighted by atomic mass is 9.92. The van der Waals surface area contributed by atoms with Crippen LogP contribution in [0.5, 0.6) is 0 Å². The van der Waals surface area contributed by atoms with E-state index < -0.39 is 35.5 Å². The average Bonchev–Trinajstić information content (AvgIpc) is 2.70. The molecule has 0 saturated carbocycles. The molecule has 0 spiro atoms. The normalized spacial score (nSPS) is 9.74. The topological polar surface area (TPSA) is 112 Å². The largest absolute Gasteiger partial charge is 0.493 e. The van der Waals surface area contributed by atoms with Gasteiger partial charge in [0.2, 0.25) is 0 Å². The first kappa shape index (κ1) is 23.4. The van der Waals surface area contributed by atoms with Gasteiger partial charge in [-0.15, -0.1) is 0 Å². The van der Waals surface area contributed by atoms with Crippen molar-refractivity contribution >= 4 is 17.9 Å². The van der Waals surface area contributed by atoms with Crippen LogP contribution in [0.3, 0.4) is 0 Å². The van der Waals surface area contributed by atoms with Gasteiger partial charge in [-0.2, -0.15) is 5.26 Å². The SMILES string of the molecule is C=CC(=C)OCC(COC(=O)C=C)(COC(=O)C=C)COC(=O)C(=C)C#N. The van der Waals surface area contributed by atoms with Gasteiger partial charge >= 0.3 is 17.9 Å². The quantitative estimate of drug-likeness (QED) is 0.120. The predicted octanol–water partition coefficient (Wildman–Crippen LogP) is 1.77. The van der Waals surface area contributed by atoms with Gasteiger partial charge < -0.3 is 18.9 Å². The summed E-state index contributed by atoms with van der Waals surface area (Å²) >= 11 is 0. The van der Waals surface area contributed by atoms with Crippen molar-refractivity contribution in [2.24, 2.45) is 5.41 Å². The van der Waals surface area contributed by atoms with Crippen LogP contribution in [0.25, 0.3) is 0 Å². The lowest BCUT2D eigenvalue weighted by Crippen LogP contribution is -2.43. The number of rotatable bonds is 13. The lowest BCUT2D eigenvalue weighted by Gasteiger charge is -2.31. The van der Waals surface area contributed by atoms with Gasteiger partial charge in [0.1, 0.15) is 49.2 Å². The molecule has 0 rings (SSSR count). The van der Waals surface area contributed by atoms with Gasteiger partial charge in [-0.25, -0.2) is 14.4 Å². The second kappa shape index (κ2) is 11.9. The van der Waals surface area contributed by atoms with Crippen LogP contribution in [-0.2, 0) is 33.3 Å². The molecule has 0 amide bonds. The summed E-state index contributed by atoms with van der Waals surface area (Å²) in [5.74, 6) is -2.28. The first-order valence-electron chi connectivity index (χ1n) is 7.52. The Labute approximate surface area is 157 Å². The maximum Gasteiger partial charge on any atom is 0.348 e. The van der Waals surface area contributed by atoms with E-state index in [1.165, 1.54) is 6.08 Å². The van der Waals surface area contributed by atoms with E-state index in [9.17, 15) is 14.4 Å². The Morgan fingerprint density at radius 1 is 0.815 bits per heavy atom. The summed E-state index contributed by atoms with van der Waals surface area (Å²) in [4.78, 5) is 34.6. The average molecular weight is 375 g/mol. The van der Waals surface area contributed by atoms with Crippen molar-refractivity contribution in [1.82, 2.24) is 0 Å². The van der Waals surface area contributed by atoms with Gasteiger partial charge in [0.25, 0.3) is 0 Å². The minimum Gasteiger partial charge on any atom is -0.493 e. The molecule has 0 bridgehead atoms. The van der Waals surface area contributed by atoms with E-state index in [0.29, 0.717) is 0 Å². The molecule has 0 heterocycles. The molecule has 27 heavy (non-hydrogen) atoms. The summed E-state index contributed by atoms with van der Waals surface area (Å²) in [5.41, 5.74) is -1.72. The first-order valence-corrected chi connectivity index (χ1v) is 7.52. The molecule has 0 aliphatic rings. The van der Waals surface area contributed by atoms with Gasteiger partial charge in [0.15, 0.2) is 0 Å². The molecule has 0 saturated heterocycles. The minimum absolute atomic E-state index is 0.192. The minimum atomic E-state index is -1.30. The second-order valence-corrected chi connectivity index (χ2v) is 5.25. The predicted molar refractivity (Wildman–Crippen MR) is 95.7 cm³/mol. The van der Waals surface area contributed by atoms with Gasteiger partial charge in [-0.3, -0.25) is 0 Å². The molecule has 0 aromatic carbocycles. The molecule has 0 aliphatic heterocycles. The van der Waals surface area contributed by atoms with E-state index in [1.54, 1.807) is 6.07 Å². The molecule has 0 atom stereocenters. The molecule has 8 heteroatoms. The molecule has 8 nitrogen and oxygen atoms in total. The zero-order valence-corrected chi connectivity index (χ0v) is 14.9. The van der Waals surface area contributed by atoms with E-state index in [4.69, 9.17) is 24.2 Å². The first-order chi connectivity index (χ1) is 12.7. The molecular weight excluding hydrogens is 354 g/mol. The van der Waals surface area contributed by atoms with Gasteiger partial charge in [0.05, 0.1) is 0 Å². The molecular formula is C19H21NO7. The van der Waals surface area contributed by atoms with E-state index in [2.05, 4.69) is 32.9 Å². The van der Waals surface area contributed by atoms with Crippen molar-refractivity contribution in [3.8, 4) is 6.07 Å². The summed E-state index contributed by atoms with van der Waals surface area (Å²) in [6.45, 7) is 15.6. The molecule has 144 valence electrons. The number of carbonyl (C=O) groups is 3. The Balaban J connectivity index is 5.52. The van der Waals surface area contributed by atoms with Crippen molar-refractivity contribution in [1.29, 1.82) is 5.26 Å². The maximum absolute atomic E-state index is 11.7. The number of hydrogen-bond acceptors (Lipinski definition) is 8. The lowest BCUT2D eigenvalue weighted by molar-refractivity contribution is -0.159. The number of nitriles is 1. The molecule has 0 aliphatic carbocycles. The second-order valence-electron chi connectivity index (χ2n) is 5.25. The molecule has 0 unspecified atom stereocenters. The highest BCUT2D eigenvalue weighted by Gasteiger charge is 2.37. The Kier molecular flexibility index (Phi) is 10.3. The van der Waals surface area contributed by atoms with Crippen LogP contribution in [-0.4, -0.2) is 44.3 Å². The van der Waals surface area contributed by atoms with Crippen molar-refractivity contribution in [2.75, 3.05) is 26.4 Å². The van der Waals surface area contributed by atoms with E-state index in [1.807, 2.05) is 0 Å². The number of esters is 3. The highest BCUT2D eigenvalue weighted by atomic mass is 16.6. The number of hydrogen-bond donors (Lipinski definition) is 0. The van der Waals surface area contributed by atoms with Crippen LogP contribution in [0.15, 0.2) is 62.5 Å². The van der Waals surface area contributed by atoms with Crippen molar-refractivity contribution in [3.05, 3.63) is 62.5 Å². The van der Waals surface area contributed by atoms with Gasteiger partial charge in [-0.1, -0.05) is 32.9 Å². The Morgan fingerprint density at radius 3 is 1.67 bits per heavy atom. The van der Waals surface area contributed by atoms with Crippen LogP contribution < -0.4 is 0 Å².